The van der Waals surface area contributed by atoms with Gasteiger partial charge in [-0.25, -0.2) is 9.97 Å². The number of aromatic nitrogens is 2. The van der Waals surface area contributed by atoms with E-state index < -0.39 is 0 Å². The first-order valence-electron chi connectivity index (χ1n) is 11.4. The first kappa shape index (κ1) is 27.3. The second-order valence-corrected chi connectivity index (χ2v) is 7.33. The van der Waals surface area contributed by atoms with Gasteiger partial charge in [0.2, 0.25) is 0 Å². The molecule has 0 aliphatic rings. The Kier molecular flexibility index (Phi) is 17.7. The van der Waals surface area contributed by atoms with Crippen molar-refractivity contribution in [3.8, 4) is 5.75 Å². The lowest BCUT2D eigenvalue weighted by Crippen LogP contribution is -2.13. The molecule has 0 saturated heterocycles. The van der Waals surface area contributed by atoms with Gasteiger partial charge >= 0.3 is 5.97 Å². The van der Waals surface area contributed by atoms with Crippen molar-refractivity contribution in [3.05, 3.63) is 18.2 Å². The molecule has 1 rings (SSSR count). The largest absolute Gasteiger partial charge is 0.490 e. The molecule has 0 amide bonds. The quantitative estimate of drug-likeness (QED) is 0.210. The van der Waals surface area contributed by atoms with Crippen molar-refractivity contribution >= 4 is 5.97 Å². The lowest BCUT2D eigenvalue weighted by molar-refractivity contribution is -0.145. The minimum Gasteiger partial charge on any atom is -0.490 e. The van der Waals surface area contributed by atoms with Crippen LogP contribution in [0.15, 0.2) is 12.4 Å². The number of methoxy groups -OCH3 is 1. The van der Waals surface area contributed by atoms with E-state index in [1.807, 2.05) is 6.92 Å². The van der Waals surface area contributed by atoms with Gasteiger partial charge in [-0.3, -0.25) is 4.79 Å². The second-order valence-electron chi connectivity index (χ2n) is 7.33. The molecule has 8 heteroatoms. The van der Waals surface area contributed by atoms with Gasteiger partial charge in [0.25, 0.3) is 0 Å². The third-order valence-electron chi connectivity index (χ3n) is 4.60. The topological polar surface area (TPSA) is 89.0 Å². The lowest BCUT2D eigenvalue weighted by Gasteiger charge is -2.07. The maximum Gasteiger partial charge on any atom is 0.305 e. The zero-order valence-electron chi connectivity index (χ0n) is 19.3. The standard InChI is InChI=1S/C23H40N2O6/c1-21-24-19-22(20-25-21)30-12-10-8-6-4-3-5-7-9-11-23(26)31-18-17-29-16-15-28-14-13-27-2/h19-20H,3-18H2,1-2H3. The van der Waals surface area contributed by atoms with Crippen LogP contribution in [0.5, 0.6) is 5.75 Å². The maximum absolute atomic E-state index is 11.7. The van der Waals surface area contributed by atoms with Crippen LogP contribution in [0, 0.1) is 6.92 Å². The Hall–Kier alpha value is -1.77. The number of aryl methyl sites for hydroxylation is 1. The van der Waals surface area contributed by atoms with Crippen LogP contribution in [0.2, 0.25) is 0 Å². The van der Waals surface area contributed by atoms with E-state index in [1.54, 1.807) is 19.5 Å². The van der Waals surface area contributed by atoms with Crippen molar-refractivity contribution in [1.29, 1.82) is 0 Å². The molecular formula is C23H40N2O6. The zero-order chi connectivity index (χ0) is 22.4. The number of nitrogens with zero attached hydrogens (tertiary/aromatic N) is 2. The average Bonchev–Trinajstić information content (AvgIpc) is 2.77. The summed E-state index contributed by atoms with van der Waals surface area (Å²) < 4.78 is 26.3. The van der Waals surface area contributed by atoms with Crippen LogP contribution in [0.25, 0.3) is 0 Å². The van der Waals surface area contributed by atoms with Crippen molar-refractivity contribution < 1.29 is 28.5 Å². The Morgan fingerprint density at radius 3 is 1.94 bits per heavy atom. The molecule has 0 aliphatic carbocycles. The molecule has 0 unspecified atom stereocenters. The van der Waals surface area contributed by atoms with Gasteiger partial charge in [-0.1, -0.05) is 38.5 Å². The Labute approximate surface area is 187 Å². The summed E-state index contributed by atoms with van der Waals surface area (Å²) in [6.07, 6.45) is 12.9. The fourth-order valence-electron chi connectivity index (χ4n) is 2.83. The lowest BCUT2D eigenvalue weighted by atomic mass is 10.1. The van der Waals surface area contributed by atoms with Crippen LogP contribution in [0.1, 0.15) is 63.6 Å². The molecule has 0 saturated carbocycles. The molecule has 1 heterocycles. The third-order valence-corrected chi connectivity index (χ3v) is 4.60. The summed E-state index contributed by atoms with van der Waals surface area (Å²) >= 11 is 0. The number of unbranched alkanes of at least 4 members (excludes halogenated alkanes) is 7. The summed E-state index contributed by atoms with van der Waals surface area (Å²) in [6.45, 7) is 5.44. The molecule has 0 spiro atoms. The molecule has 0 radical (unpaired) electrons. The minimum absolute atomic E-state index is 0.140. The first-order valence-corrected chi connectivity index (χ1v) is 11.4. The Morgan fingerprint density at radius 1 is 0.742 bits per heavy atom. The number of rotatable bonds is 21. The van der Waals surface area contributed by atoms with Crippen LogP contribution in [-0.2, 0) is 23.7 Å². The molecule has 0 N–H and O–H groups in total. The smallest absolute Gasteiger partial charge is 0.305 e. The Morgan fingerprint density at radius 2 is 1.29 bits per heavy atom. The van der Waals surface area contributed by atoms with E-state index in [0.717, 1.165) is 37.3 Å². The normalized spacial score (nSPS) is 10.9. The summed E-state index contributed by atoms with van der Waals surface area (Å²) in [4.78, 5) is 19.9. The molecule has 0 fully saturated rings. The van der Waals surface area contributed by atoms with Crippen molar-refractivity contribution in [2.24, 2.45) is 0 Å². The number of esters is 1. The van der Waals surface area contributed by atoms with Crippen LogP contribution in [0.4, 0.5) is 0 Å². The van der Waals surface area contributed by atoms with Gasteiger partial charge in [0.15, 0.2) is 5.75 Å². The molecular weight excluding hydrogens is 400 g/mol. The minimum atomic E-state index is -0.140. The molecule has 0 atom stereocenters. The highest BCUT2D eigenvalue weighted by Gasteiger charge is 2.02. The SMILES string of the molecule is COCCOCCOCCOC(=O)CCCCCCCCCCOc1cnc(C)nc1. The predicted octanol–water partition coefficient (Wildman–Crippen LogP) is 3.90. The molecule has 1 aromatic rings. The monoisotopic (exact) mass is 440 g/mol. The van der Waals surface area contributed by atoms with Crippen molar-refractivity contribution in [2.75, 3.05) is 53.4 Å². The molecule has 0 aliphatic heterocycles. The van der Waals surface area contributed by atoms with E-state index in [0.29, 0.717) is 52.7 Å². The number of carbonyl (C=O) groups excluding carboxylic acids is 1. The Bertz CT molecular complexity index is 541. The molecule has 31 heavy (non-hydrogen) atoms. The van der Waals surface area contributed by atoms with Crippen molar-refractivity contribution in [1.82, 2.24) is 9.97 Å². The van der Waals surface area contributed by atoms with E-state index in [2.05, 4.69) is 9.97 Å². The van der Waals surface area contributed by atoms with E-state index in [9.17, 15) is 4.79 Å². The molecule has 0 aromatic carbocycles. The van der Waals surface area contributed by atoms with E-state index in [4.69, 9.17) is 23.7 Å². The summed E-state index contributed by atoms with van der Waals surface area (Å²) in [5.74, 6) is 1.35. The zero-order valence-corrected chi connectivity index (χ0v) is 19.3. The van der Waals surface area contributed by atoms with Crippen LogP contribution in [-0.4, -0.2) is 69.3 Å². The van der Waals surface area contributed by atoms with Crippen LogP contribution >= 0.6 is 0 Å². The molecule has 178 valence electrons. The first-order chi connectivity index (χ1) is 15.2. The fourth-order valence-corrected chi connectivity index (χ4v) is 2.83. The van der Waals surface area contributed by atoms with Crippen LogP contribution in [0.3, 0.4) is 0 Å². The molecule has 8 nitrogen and oxygen atoms in total. The van der Waals surface area contributed by atoms with Crippen LogP contribution < -0.4 is 4.74 Å². The number of hydrogen-bond donors (Lipinski definition) is 0. The predicted molar refractivity (Wildman–Crippen MR) is 118 cm³/mol. The van der Waals surface area contributed by atoms with E-state index in [-0.39, 0.29) is 5.97 Å². The second kappa shape index (κ2) is 20.2. The molecule has 0 bridgehead atoms. The van der Waals surface area contributed by atoms with Gasteiger partial charge in [-0.15, -0.1) is 0 Å². The average molecular weight is 441 g/mol. The summed E-state index contributed by atoms with van der Waals surface area (Å²) in [5.41, 5.74) is 0. The van der Waals surface area contributed by atoms with E-state index >= 15 is 0 Å². The van der Waals surface area contributed by atoms with Gasteiger partial charge < -0.3 is 23.7 Å². The van der Waals surface area contributed by atoms with Gasteiger partial charge in [-0.05, 0) is 19.8 Å². The fraction of sp³-hybridized carbons (Fsp3) is 0.783. The Balaban J connectivity index is 1.76. The van der Waals surface area contributed by atoms with Gasteiger partial charge in [0, 0.05) is 13.5 Å². The van der Waals surface area contributed by atoms with Gasteiger partial charge in [0.05, 0.1) is 52.0 Å². The summed E-state index contributed by atoms with van der Waals surface area (Å²) in [7, 11) is 1.64. The highest BCUT2D eigenvalue weighted by molar-refractivity contribution is 5.69. The highest BCUT2D eigenvalue weighted by atomic mass is 16.6. The number of carbonyl (C=O) groups is 1. The summed E-state index contributed by atoms with van der Waals surface area (Å²) in [5, 5.41) is 0. The summed E-state index contributed by atoms with van der Waals surface area (Å²) in [6, 6.07) is 0. The van der Waals surface area contributed by atoms with Gasteiger partial charge in [-0.2, -0.15) is 0 Å². The van der Waals surface area contributed by atoms with Crippen molar-refractivity contribution in [2.45, 2.75) is 64.7 Å². The maximum atomic E-state index is 11.7. The van der Waals surface area contributed by atoms with Gasteiger partial charge in [0.1, 0.15) is 12.4 Å². The van der Waals surface area contributed by atoms with Crippen molar-refractivity contribution in [3.63, 3.8) is 0 Å². The molecule has 1 aromatic heterocycles. The highest BCUT2D eigenvalue weighted by Crippen LogP contribution is 2.11. The number of hydrogen-bond acceptors (Lipinski definition) is 8. The van der Waals surface area contributed by atoms with E-state index in [1.165, 1.54) is 25.7 Å². The third kappa shape index (κ3) is 17.6. The number of ether oxygens (including phenoxy) is 5.